The molecule has 0 aliphatic heterocycles. The van der Waals surface area contributed by atoms with Crippen molar-refractivity contribution in [3.8, 4) is 0 Å². The summed E-state index contributed by atoms with van der Waals surface area (Å²) < 4.78 is 1.65. The minimum absolute atomic E-state index is 0.316. The Balaban J connectivity index is 2.48. The van der Waals surface area contributed by atoms with Crippen LogP contribution in [0.25, 0.3) is 0 Å². The first kappa shape index (κ1) is 14.5. The molecule has 0 saturated carbocycles. The van der Waals surface area contributed by atoms with E-state index in [-0.39, 0.29) is 0 Å². The third kappa shape index (κ3) is 3.14. The van der Waals surface area contributed by atoms with Gasteiger partial charge in [-0.3, -0.25) is 0 Å². The molecule has 0 heterocycles. The van der Waals surface area contributed by atoms with E-state index in [1.807, 2.05) is 25.1 Å². The van der Waals surface area contributed by atoms with Crippen molar-refractivity contribution < 1.29 is 9.90 Å². The maximum atomic E-state index is 11.2. The van der Waals surface area contributed by atoms with Gasteiger partial charge in [-0.15, -0.1) is 0 Å². The van der Waals surface area contributed by atoms with E-state index in [1.165, 1.54) is 0 Å². The van der Waals surface area contributed by atoms with Crippen LogP contribution in [0.5, 0.6) is 0 Å². The third-order valence-electron chi connectivity index (χ3n) is 2.63. The topological polar surface area (TPSA) is 37.3 Å². The molecule has 0 aliphatic carbocycles. The molecule has 0 atom stereocenters. The van der Waals surface area contributed by atoms with Crippen molar-refractivity contribution in [1.82, 2.24) is 0 Å². The maximum absolute atomic E-state index is 11.2. The van der Waals surface area contributed by atoms with E-state index in [0.29, 0.717) is 15.6 Å². The molecule has 19 heavy (non-hydrogen) atoms. The Morgan fingerprint density at radius 2 is 1.84 bits per heavy atom. The quantitative estimate of drug-likeness (QED) is 0.859. The first-order valence-electron chi connectivity index (χ1n) is 5.49. The Morgan fingerprint density at radius 1 is 1.16 bits per heavy atom. The van der Waals surface area contributed by atoms with Gasteiger partial charge in [0.15, 0.2) is 0 Å². The monoisotopic (exact) mass is 355 g/mol. The van der Waals surface area contributed by atoms with Gasteiger partial charge in [-0.2, -0.15) is 0 Å². The Hall–Kier alpha value is -0.952. The van der Waals surface area contributed by atoms with Crippen LogP contribution in [0, 0.1) is 6.92 Å². The van der Waals surface area contributed by atoms with E-state index in [1.54, 1.807) is 18.2 Å². The van der Waals surface area contributed by atoms with Gasteiger partial charge in [-0.25, -0.2) is 0 Å². The number of rotatable bonds is 3. The Bertz CT molecular complexity index is 641. The number of aryl methyl sites for hydroxylation is 1. The van der Waals surface area contributed by atoms with Crippen molar-refractivity contribution in [2.45, 2.75) is 6.92 Å². The van der Waals surface area contributed by atoms with Crippen molar-refractivity contribution in [3.63, 3.8) is 0 Å². The Labute approximate surface area is 128 Å². The molecule has 0 unspecified atom stereocenters. The molecule has 2 aromatic rings. The second kappa shape index (κ2) is 6.00. The zero-order valence-electron chi connectivity index (χ0n) is 10.0. The zero-order chi connectivity index (χ0) is 14.0. The van der Waals surface area contributed by atoms with Gasteiger partial charge in [-0.05, 0) is 0 Å². The number of carboxylic acids is 1. The van der Waals surface area contributed by atoms with Gasteiger partial charge in [0.1, 0.15) is 0 Å². The standard InChI is InChI=1S/C14H10AsCl2O2/c1-8-6-7-11(16)12(13(8)17)15-10-5-3-2-4-9(10)14(18)19/h2-7H,1H3,(H,18,19). The average molecular weight is 356 g/mol. The summed E-state index contributed by atoms with van der Waals surface area (Å²) >= 11 is 11.9. The number of hydrogen-bond donors (Lipinski definition) is 1. The van der Waals surface area contributed by atoms with Crippen LogP contribution in [-0.2, 0) is 0 Å². The van der Waals surface area contributed by atoms with Gasteiger partial charge in [0.2, 0.25) is 0 Å². The summed E-state index contributed by atoms with van der Waals surface area (Å²) in [6, 6.07) is 10.6. The molecule has 2 aromatic carbocycles. The van der Waals surface area contributed by atoms with Crippen molar-refractivity contribution >= 4 is 53.6 Å². The second-order valence-electron chi connectivity index (χ2n) is 3.96. The average Bonchev–Trinajstić information content (AvgIpc) is 2.39. The van der Waals surface area contributed by atoms with E-state index in [4.69, 9.17) is 23.2 Å². The summed E-state index contributed by atoms with van der Waals surface area (Å²) in [6.45, 7) is 1.91. The molecule has 0 bridgehead atoms. The zero-order valence-corrected chi connectivity index (χ0v) is 13.4. The summed E-state index contributed by atoms with van der Waals surface area (Å²) in [5.41, 5.74) is 1.26. The summed E-state index contributed by atoms with van der Waals surface area (Å²) in [5, 5.41) is 10.4. The molecule has 1 radical (unpaired) electrons. The van der Waals surface area contributed by atoms with E-state index < -0.39 is 21.7 Å². The van der Waals surface area contributed by atoms with E-state index >= 15 is 0 Å². The number of carboxylic acid groups (broad SMARTS) is 1. The van der Waals surface area contributed by atoms with Crippen molar-refractivity contribution in [2.24, 2.45) is 0 Å². The molecule has 2 rings (SSSR count). The molecule has 97 valence electrons. The molecule has 0 fully saturated rings. The number of carbonyl (C=O) groups is 1. The molecule has 0 saturated heterocycles. The molecule has 0 aromatic heterocycles. The fourth-order valence-corrected chi connectivity index (χ4v) is 4.84. The van der Waals surface area contributed by atoms with Crippen LogP contribution in [0.1, 0.15) is 15.9 Å². The summed E-state index contributed by atoms with van der Waals surface area (Å²) in [7, 11) is 0. The normalized spacial score (nSPS) is 11.1. The molecule has 5 heteroatoms. The SMILES string of the molecule is Cc1ccc(Cl)c([As]c2ccccc2C(=O)O)c1Cl. The predicted molar refractivity (Wildman–Crippen MR) is 79.6 cm³/mol. The Kier molecular flexibility index (Phi) is 4.57. The summed E-state index contributed by atoms with van der Waals surface area (Å²) in [4.78, 5) is 11.2. The summed E-state index contributed by atoms with van der Waals surface area (Å²) in [6.07, 6.45) is 0. The van der Waals surface area contributed by atoms with Crippen LogP contribution < -0.4 is 8.70 Å². The molecule has 1 N–H and O–H groups in total. The number of halogens is 2. The fraction of sp³-hybridized carbons (Fsp3) is 0.0714. The van der Waals surface area contributed by atoms with E-state index in [2.05, 4.69) is 0 Å². The number of hydrogen-bond acceptors (Lipinski definition) is 1. The van der Waals surface area contributed by atoms with Crippen LogP contribution >= 0.6 is 23.2 Å². The number of benzene rings is 2. The molecule has 2 nitrogen and oxygen atoms in total. The van der Waals surface area contributed by atoms with Gasteiger partial charge in [0.25, 0.3) is 0 Å². The van der Waals surface area contributed by atoms with E-state index in [0.717, 1.165) is 14.3 Å². The van der Waals surface area contributed by atoms with Crippen molar-refractivity contribution in [3.05, 3.63) is 57.6 Å². The van der Waals surface area contributed by atoms with E-state index in [9.17, 15) is 9.90 Å². The third-order valence-corrected chi connectivity index (χ3v) is 6.77. The van der Waals surface area contributed by atoms with Gasteiger partial charge in [0, 0.05) is 0 Å². The second-order valence-corrected chi connectivity index (χ2v) is 7.16. The first-order valence-corrected chi connectivity index (χ1v) is 8.12. The molecule has 0 aliphatic rings. The Morgan fingerprint density at radius 3 is 2.53 bits per heavy atom. The summed E-state index contributed by atoms with van der Waals surface area (Å²) in [5.74, 6) is -0.925. The molecular formula is C14H10AsCl2O2. The predicted octanol–water partition coefficient (Wildman–Crippen LogP) is 2.66. The molecular weight excluding hydrogens is 346 g/mol. The van der Waals surface area contributed by atoms with Gasteiger partial charge in [0.05, 0.1) is 0 Å². The van der Waals surface area contributed by atoms with Crippen LogP contribution in [-0.4, -0.2) is 26.8 Å². The molecule has 0 spiro atoms. The van der Waals surface area contributed by atoms with Gasteiger partial charge in [-0.1, -0.05) is 0 Å². The molecule has 0 amide bonds. The van der Waals surface area contributed by atoms with Crippen LogP contribution in [0.15, 0.2) is 36.4 Å². The van der Waals surface area contributed by atoms with Crippen LogP contribution in [0.2, 0.25) is 10.0 Å². The van der Waals surface area contributed by atoms with Crippen LogP contribution in [0.3, 0.4) is 0 Å². The van der Waals surface area contributed by atoms with Gasteiger partial charge < -0.3 is 0 Å². The minimum atomic E-state index is -0.925. The van der Waals surface area contributed by atoms with Crippen LogP contribution in [0.4, 0.5) is 0 Å². The van der Waals surface area contributed by atoms with Crippen molar-refractivity contribution in [1.29, 1.82) is 0 Å². The fourth-order valence-electron chi connectivity index (χ4n) is 1.62. The van der Waals surface area contributed by atoms with Crippen molar-refractivity contribution in [2.75, 3.05) is 0 Å². The first-order chi connectivity index (χ1) is 9.00. The number of aromatic carboxylic acids is 1. The van der Waals surface area contributed by atoms with Gasteiger partial charge >= 0.3 is 128 Å².